The first-order chi connectivity index (χ1) is 14.4. The number of halogens is 3. The quantitative estimate of drug-likeness (QED) is 0.559. The summed E-state index contributed by atoms with van der Waals surface area (Å²) in [6.07, 6.45) is 2.69. The Morgan fingerprint density at radius 1 is 1.13 bits per heavy atom. The number of aryl methyl sites for hydroxylation is 1. The minimum absolute atomic E-state index is 0.447. The number of hydrogen-bond acceptors (Lipinski definition) is 4. The van der Waals surface area contributed by atoms with Crippen LogP contribution in [0.4, 0.5) is 18.9 Å². The second-order valence-corrected chi connectivity index (χ2v) is 7.52. The highest BCUT2D eigenvalue weighted by atomic mass is 19.1. The number of aromatic nitrogens is 1. The molecule has 0 amide bonds. The molecule has 3 aromatic rings. The van der Waals surface area contributed by atoms with Gasteiger partial charge < -0.3 is 9.64 Å². The van der Waals surface area contributed by atoms with Gasteiger partial charge in [-0.25, -0.2) is 13.2 Å². The lowest BCUT2D eigenvalue weighted by Gasteiger charge is -2.34. The summed E-state index contributed by atoms with van der Waals surface area (Å²) in [5.74, 6) is -3.78. The Hall–Kier alpha value is -3.09. The first-order valence-corrected chi connectivity index (χ1v) is 9.76. The van der Waals surface area contributed by atoms with Crippen molar-refractivity contribution in [3.63, 3.8) is 0 Å². The maximum atomic E-state index is 14.0. The normalized spacial score (nSPS) is 14.9. The van der Waals surface area contributed by atoms with Gasteiger partial charge in [0.1, 0.15) is 28.7 Å². The monoisotopic (exact) mass is 414 g/mol. The number of hydrogen-bond donors (Lipinski definition) is 0. The van der Waals surface area contributed by atoms with Crippen LogP contribution in [0.3, 0.4) is 0 Å². The number of ketones is 1. The molecule has 0 N–H and O–H groups in total. The second kappa shape index (κ2) is 7.97. The summed E-state index contributed by atoms with van der Waals surface area (Å²) in [5, 5.41) is 0.953. The molecule has 0 saturated carbocycles. The molecule has 1 aromatic heterocycles. The topological polar surface area (TPSA) is 42.4 Å². The number of anilines is 1. The molecule has 1 aliphatic rings. The molecule has 4 rings (SSSR count). The molecule has 2 heterocycles. The predicted molar refractivity (Wildman–Crippen MR) is 109 cm³/mol. The molecule has 0 radical (unpaired) electrons. The highest BCUT2D eigenvalue weighted by Gasteiger charge is 2.31. The number of Topliss-reactive ketones (excluding diaryl/α,β-unsaturated/α-hetero) is 1. The van der Waals surface area contributed by atoms with Crippen LogP contribution in [0.15, 0.2) is 36.5 Å². The van der Waals surface area contributed by atoms with Gasteiger partial charge in [-0.3, -0.25) is 9.78 Å². The van der Waals surface area contributed by atoms with Gasteiger partial charge in [0.25, 0.3) is 0 Å². The van der Waals surface area contributed by atoms with E-state index in [-0.39, 0.29) is 0 Å². The maximum absolute atomic E-state index is 14.0. The van der Waals surface area contributed by atoms with Gasteiger partial charge in [0.05, 0.1) is 18.4 Å². The van der Waals surface area contributed by atoms with E-state index in [0.29, 0.717) is 43.8 Å². The van der Waals surface area contributed by atoms with Crippen molar-refractivity contribution >= 4 is 22.4 Å². The number of nitrogens with zero attached hydrogens (tertiary/aromatic N) is 2. The summed E-state index contributed by atoms with van der Waals surface area (Å²) in [6, 6.07) is 6.83. The maximum Gasteiger partial charge on any atom is 0.171 e. The Morgan fingerprint density at radius 3 is 2.43 bits per heavy atom. The van der Waals surface area contributed by atoms with Crippen LogP contribution < -0.4 is 9.64 Å². The molecule has 1 saturated heterocycles. The molecule has 0 atom stereocenters. The number of rotatable bonds is 4. The number of methoxy groups -OCH3 is 1. The molecule has 7 heteroatoms. The largest absolute Gasteiger partial charge is 0.494 e. The van der Waals surface area contributed by atoms with Crippen LogP contribution in [0.5, 0.6) is 5.75 Å². The third kappa shape index (κ3) is 3.49. The Labute approximate surface area is 172 Å². The van der Waals surface area contributed by atoms with Crippen LogP contribution in [0.1, 0.15) is 28.8 Å². The van der Waals surface area contributed by atoms with Gasteiger partial charge in [0, 0.05) is 42.7 Å². The number of carbonyl (C=O) groups is 1. The van der Waals surface area contributed by atoms with E-state index in [1.807, 2.05) is 25.1 Å². The van der Waals surface area contributed by atoms with Crippen molar-refractivity contribution in [2.75, 3.05) is 25.1 Å². The molecule has 0 unspecified atom stereocenters. The highest BCUT2D eigenvalue weighted by molar-refractivity contribution is 5.99. The lowest BCUT2D eigenvalue weighted by molar-refractivity contribution is 0.0891. The summed E-state index contributed by atoms with van der Waals surface area (Å²) >= 11 is 0. The van der Waals surface area contributed by atoms with Crippen molar-refractivity contribution in [2.24, 2.45) is 5.92 Å². The first kappa shape index (κ1) is 20.2. The number of fused-ring (bicyclic) bond motifs is 1. The zero-order chi connectivity index (χ0) is 21.4. The molecule has 1 fully saturated rings. The number of carbonyl (C=O) groups excluding carboxylic acids is 1. The average Bonchev–Trinajstić information content (AvgIpc) is 2.72. The van der Waals surface area contributed by atoms with Gasteiger partial charge in [-0.15, -0.1) is 0 Å². The van der Waals surface area contributed by atoms with Gasteiger partial charge in [-0.2, -0.15) is 0 Å². The Bertz CT molecular complexity index is 1100. The molecule has 0 aliphatic carbocycles. The Balaban J connectivity index is 1.59. The van der Waals surface area contributed by atoms with Crippen molar-refractivity contribution in [1.82, 2.24) is 4.98 Å². The first-order valence-electron chi connectivity index (χ1n) is 9.76. The summed E-state index contributed by atoms with van der Waals surface area (Å²) < 4.78 is 46.6. The van der Waals surface area contributed by atoms with Gasteiger partial charge >= 0.3 is 0 Å². The van der Waals surface area contributed by atoms with Gasteiger partial charge in [0.2, 0.25) is 0 Å². The Morgan fingerprint density at radius 2 is 1.80 bits per heavy atom. The SMILES string of the molecule is COc1cccc2c(N3CCC(C(=O)c4c(F)cc(F)cc4F)CC3)c(C)cnc12. The standard InChI is InChI=1S/C23H21F3N2O2/c1-13-12-27-21-16(4-3-5-19(21)30-2)22(13)28-8-6-14(7-9-28)23(29)20-17(25)10-15(24)11-18(20)26/h3-5,10-12,14H,6-9H2,1-2H3. The van der Waals surface area contributed by atoms with E-state index >= 15 is 0 Å². The van der Waals surface area contributed by atoms with Crippen molar-refractivity contribution in [3.8, 4) is 5.75 Å². The van der Waals surface area contributed by atoms with Crippen LogP contribution >= 0.6 is 0 Å². The van der Waals surface area contributed by atoms with E-state index in [1.165, 1.54) is 0 Å². The van der Waals surface area contributed by atoms with Crippen molar-refractivity contribution in [3.05, 3.63) is 65.1 Å². The molecule has 4 nitrogen and oxygen atoms in total. The van der Waals surface area contributed by atoms with Gasteiger partial charge in [-0.1, -0.05) is 12.1 Å². The van der Waals surface area contributed by atoms with Crippen LogP contribution in [0.25, 0.3) is 10.9 Å². The summed E-state index contributed by atoms with van der Waals surface area (Å²) in [7, 11) is 1.60. The minimum atomic E-state index is -1.15. The van der Waals surface area contributed by atoms with Crippen LogP contribution in [-0.4, -0.2) is 31.0 Å². The number of ether oxygens (including phenoxy) is 1. The number of benzene rings is 2. The summed E-state index contributed by atoms with van der Waals surface area (Å²) in [6.45, 7) is 3.08. The molecule has 0 bridgehead atoms. The van der Waals surface area contributed by atoms with E-state index < -0.39 is 34.7 Å². The lowest BCUT2D eigenvalue weighted by atomic mass is 9.88. The fourth-order valence-electron chi connectivity index (χ4n) is 4.21. The third-order valence-corrected chi connectivity index (χ3v) is 5.67. The lowest BCUT2D eigenvalue weighted by Crippen LogP contribution is -2.37. The summed E-state index contributed by atoms with van der Waals surface area (Å²) in [5.41, 5.74) is 2.12. The molecule has 30 heavy (non-hydrogen) atoms. The Kier molecular flexibility index (Phi) is 5.37. The molecule has 2 aromatic carbocycles. The fraction of sp³-hybridized carbons (Fsp3) is 0.304. The molecular formula is C23H21F3N2O2. The van der Waals surface area contributed by atoms with E-state index in [4.69, 9.17) is 4.74 Å². The average molecular weight is 414 g/mol. The van der Waals surface area contributed by atoms with E-state index in [9.17, 15) is 18.0 Å². The zero-order valence-electron chi connectivity index (χ0n) is 16.7. The minimum Gasteiger partial charge on any atom is -0.494 e. The highest BCUT2D eigenvalue weighted by Crippen LogP contribution is 2.36. The number of piperidine rings is 1. The molecule has 156 valence electrons. The van der Waals surface area contributed by atoms with E-state index in [1.54, 1.807) is 13.3 Å². The number of para-hydroxylation sites is 1. The van der Waals surface area contributed by atoms with Gasteiger partial charge in [0.15, 0.2) is 5.78 Å². The number of pyridine rings is 1. The smallest absolute Gasteiger partial charge is 0.171 e. The second-order valence-electron chi connectivity index (χ2n) is 7.52. The molecule has 0 spiro atoms. The van der Waals surface area contributed by atoms with Gasteiger partial charge in [-0.05, 0) is 31.4 Å². The van der Waals surface area contributed by atoms with E-state index in [2.05, 4.69) is 9.88 Å². The van der Waals surface area contributed by atoms with E-state index in [0.717, 1.165) is 22.2 Å². The third-order valence-electron chi connectivity index (χ3n) is 5.67. The van der Waals surface area contributed by atoms with Crippen molar-refractivity contribution in [1.29, 1.82) is 0 Å². The molecule has 1 aliphatic heterocycles. The van der Waals surface area contributed by atoms with Crippen molar-refractivity contribution in [2.45, 2.75) is 19.8 Å². The fourth-order valence-corrected chi connectivity index (χ4v) is 4.21. The van der Waals surface area contributed by atoms with Crippen molar-refractivity contribution < 1.29 is 22.7 Å². The van der Waals surface area contributed by atoms with Crippen LogP contribution in [-0.2, 0) is 0 Å². The van der Waals surface area contributed by atoms with Crippen LogP contribution in [0.2, 0.25) is 0 Å². The zero-order valence-corrected chi connectivity index (χ0v) is 16.7. The predicted octanol–water partition coefficient (Wildman–Crippen LogP) is 5.07. The molecular weight excluding hydrogens is 393 g/mol. The summed E-state index contributed by atoms with van der Waals surface area (Å²) in [4.78, 5) is 19.4. The van der Waals surface area contributed by atoms with Crippen LogP contribution in [0, 0.1) is 30.3 Å².